The van der Waals surface area contributed by atoms with E-state index in [1.54, 1.807) is 25.6 Å². The molecule has 2 aromatic rings. The fraction of sp³-hybridized carbons (Fsp3) is 0.316. The molecule has 122 valence electrons. The normalized spacial score (nSPS) is 11.4. The van der Waals surface area contributed by atoms with Gasteiger partial charge in [0, 0.05) is 16.3 Å². The van der Waals surface area contributed by atoms with Crippen LogP contribution in [0.2, 0.25) is 0 Å². The van der Waals surface area contributed by atoms with E-state index in [-0.39, 0.29) is 0 Å². The minimum absolute atomic E-state index is 0.615. The van der Waals surface area contributed by atoms with Crippen LogP contribution in [-0.2, 0) is 11.3 Å². The molecule has 4 heteroatoms. The van der Waals surface area contributed by atoms with Gasteiger partial charge in [0.1, 0.15) is 0 Å². The summed E-state index contributed by atoms with van der Waals surface area (Å²) in [7, 11) is 0. The minimum atomic E-state index is -0.749. The first-order valence-corrected chi connectivity index (χ1v) is 8.55. The topological polar surface area (TPSA) is 49.3 Å². The summed E-state index contributed by atoms with van der Waals surface area (Å²) in [6.07, 6.45) is 0.615. The molecule has 0 aliphatic heterocycles. The molecule has 2 rings (SSSR count). The lowest BCUT2D eigenvalue weighted by Crippen LogP contribution is -2.28. The Balaban J connectivity index is 1.78. The summed E-state index contributed by atoms with van der Waals surface area (Å²) < 4.78 is 0. The highest BCUT2D eigenvalue weighted by Crippen LogP contribution is 2.27. The number of hydrogen-bond donors (Lipinski definition) is 2. The Labute approximate surface area is 142 Å². The van der Waals surface area contributed by atoms with Gasteiger partial charge in [-0.1, -0.05) is 42.1 Å². The second-order valence-electron chi connectivity index (χ2n) is 6.17. The number of carboxylic acid groups (broad SMARTS) is 1. The third-order valence-corrected chi connectivity index (χ3v) is 4.75. The first kappa shape index (κ1) is 17.6. The standard InChI is InChI=1S/C19H23NO2S/c1-19(2,18(21)22)12-13-20-14-15-8-10-17(11-9-15)23-16-6-4-3-5-7-16/h3-11,20H,12-14H2,1-2H3,(H,21,22). The van der Waals surface area contributed by atoms with Gasteiger partial charge < -0.3 is 10.4 Å². The molecular formula is C19H23NO2S. The molecule has 0 atom stereocenters. The van der Waals surface area contributed by atoms with E-state index in [1.807, 2.05) is 18.2 Å². The summed E-state index contributed by atoms with van der Waals surface area (Å²) in [4.78, 5) is 13.5. The third kappa shape index (κ3) is 5.73. The van der Waals surface area contributed by atoms with Crippen molar-refractivity contribution in [1.82, 2.24) is 5.32 Å². The first-order valence-electron chi connectivity index (χ1n) is 7.73. The van der Waals surface area contributed by atoms with Crippen LogP contribution < -0.4 is 5.32 Å². The number of hydrogen-bond acceptors (Lipinski definition) is 3. The van der Waals surface area contributed by atoms with E-state index in [0.29, 0.717) is 13.0 Å². The average Bonchev–Trinajstić information content (AvgIpc) is 2.54. The molecule has 0 aliphatic rings. The van der Waals surface area contributed by atoms with Crippen molar-refractivity contribution < 1.29 is 9.90 Å². The van der Waals surface area contributed by atoms with Gasteiger partial charge in [-0.2, -0.15) is 0 Å². The number of nitrogens with one attached hydrogen (secondary N) is 1. The molecule has 2 N–H and O–H groups in total. The highest BCUT2D eigenvalue weighted by atomic mass is 32.2. The van der Waals surface area contributed by atoms with Crippen LogP contribution in [0.1, 0.15) is 25.8 Å². The molecular weight excluding hydrogens is 306 g/mol. The highest BCUT2D eigenvalue weighted by molar-refractivity contribution is 7.99. The van der Waals surface area contributed by atoms with Crippen LogP contribution in [0.25, 0.3) is 0 Å². The molecule has 0 spiro atoms. The van der Waals surface area contributed by atoms with Gasteiger partial charge in [0.25, 0.3) is 0 Å². The molecule has 23 heavy (non-hydrogen) atoms. The van der Waals surface area contributed by atoms with Crippen molar-refractivity contribution in [3.05, 3.63) is 60.2 Å². The highest BCUT2D eigenvalue weighted by Gasteiger charge is 2.25. The van der Waals surface area contributed by atoms with E-state index in [4.69, 9.17) is 5.11 Å². The van der Waals surface area contributed by atoms with E-state index in [2.05, 4.69) is 41.7 Å². The van der Waals surface area contributed by atoms with Crippen LogP contribution in [0.3, 0.4) is 0 Å². The molecule has 2 aromatic carbocycles. The monoisotopic (exact) mass is 329 g/mol. The molecule has 0 aliphatic carbocycles. The molecule has 0 heterocycles. The number of rotatable bonds is 8. The number of benzene rings is 2. The molecule has 0 aromatic heterocycles. The molecule has 0 amide bonds. The fourth-order valence-electron chi connectivity index (χ4n) is 2.04. The molecule has 0 unspecified atom stereocenters. The van der Waals surface area contributed by atoms with Crippen LogP contribution in [0.4, 0.5) is 0 Å². The summed E-state index contributed by atoms with van der Waals surface area (Å²) in [6, 6.07) is 18.8. The van der Waals surface area contributed by atoms with Gasteiger partial charge in [-0.25, -0.2) is 0 Å². The second-order valence-corrected chi connectivity index (χ2v) is 7.32. The maximum atomic E-state index is 11.0. The zero-order valence-corrected chi connectivity index (χ0v) is 14.4. The third-order valence-electron chi connectivity index (χ3n) is 3.74. The Kier molecular flexibility index (Phi) is 6.25. The predicted molar refractivity (Wildman–Crippen MR) is 94.7 cm³/mol. The molecule has 0 radical (unpaired) electrons. The smallest absolute Gasteiger partial charge is 0.309 e. The Morgan fingerprint density at radius 1 is 1.04 bits per heavy atom. The van der Waals surface area contributed by atoms with E-state index in [9.17, 15) is 4.79 Å². The summed E-state index contributed by atoms with van der Waals surface area (Å²) in [5.41, 5.74) is 0.527. The van der Waals surface area contributed by atoms with E-state index in [0.717, 1.165) is 6.54 Å². The van der Waals surface area contributed by atoms with Crippen LogP contribution in [0.5, 0.6) is 0 Å². The lowest BCUT2D eigenvalue weighted by Gasteiger charge is -2.18. The SMILES string of the molecule is CC(C)(CCNCc1ccc(Sc2ccccc2)cc1)C(=O)O. The lowest BCUT2D eigenvalue weighted by molar-refractivity contribution is -0.147. The summed E-state index contributed by atoms with van der Waals surface area (Å²) in [6.45, 7) is 4.96. The zero-order valence-electron chi connectivity index (χ0n) is 13.6. The van der Waals surface area contributed by atoms with Gasteiger partial charge in [-0.3, -0.25) is 4.79 Å². The van der Waals surface area contributed by atoms with E-state index >= 15 is 0 Å². The van der Waals surface area contributed by atoms with Gasteiger partial charge in [0.05, 0.1) is 5.41 Å². The van der Waals surface area contributed by atoms with E-state index < -0.39 is 11.4 Å². The zero-order chi connectivity index (χ0) is 16.7. The van der Waals surface area contributed by atoms with Crippen molar-refractivity contribution in [3.8, 4) is 0 Å². The van der Waals surface area contributed by atoms with Crippen molar-refractivity contribution in [2.75, 3.05) is 6.54 Å². The van der Waals surface area contributed by atoms with Crippen LogP contribution in [-0.4, -0.2) is 17.6 Å². The Bertz CT molecular complexity index is 624. The Morgan fingerprint density at radius 2 is 1.65 bits per heavy atom. The van der Waals surface area contributed by atoms with Gasteiger partial charge in [0.2, 0.25) is 0 Å². The fourth-order valence-corrected chi connectivity index (χ4v) is 2.88. The number of aliphatic carboxylic acids is 1. The van der Waals surface area contributed by atoms with Crippen molar-refractivity contribution in [2.24, 2.45) is 5.41 Å². The van der Waals surface area contributed by atoms with Crippen molar-refractivity contribution >= 4 is 17.7 Å². The molecule has 0 fully saturated rings. The second kappa shape index (κ2) is 8.18. The van der Waals surface area contributed by atoms with Crippen LogP contribution in [0, 0.1) is 5.41 Å². The molecule has 0 saturated heterocycles. The summed E-state index contributed by atoms with van der Waals surface area (Å²) in [5, 5.41) is 12.4. The van der Waals surface area contributed by atoms with Gasteiger partial charge in [-0.05, 0) is 56.6 Å². The first-order chi connectivity index (χ1) is 11.0. The number of carboxylic acids is 1. The lowest BCUT2D eigenvalue weighted by atomic mass is 9.90. The molecule has 0 saturated carbocycles. The van der Waals surface area contributed by atoms with Gasteiger partial charge >= 0.3 is 5.97 Å². The van der Waals surface area contributed by atoms with Crippen molar-refractivity contribution in [2.45, 2.75) is 36.6 Å². The maximum absolute atomic E-state index is 11.0. The largest absolute Gasteiger partial charge is 0.481 e. The van der Waals surface area contributed by atoms with Crippen LogP contribution in [0.15, 0.2) is 64.4 Å². The molecule has 0 bridgehead atoms. The maximum Gasteiger partial charge on any atom is 0.309 e. The van der Waals surface area contributed by atoms with Crippen LogP contribution >= 0.6 is 11.8 Å². The minimum Gasteiger partial charge on any atom is -0.481 e. The Morgan fingerprint density at radius 3 is 2.26 bits per heavy atom. The van der Waals surface area contributed by atoms with Gasteiger partial charge in [0.15, 0.2) is 0 Å². The summed E-state index contributed by atoms with van der Waals surface area (Å²) in [5.74, 6) is -0.749. The Hall–Kier alpha value is -1.78. The van der Waals surface area contributed by atoms with Crippen molar-refractivity contribution in [3.63, 3.8) is 0 Å². The van der Waals surface area contributed by atoms with Gasteiger partial charge in [-0.15, -0.1) is 0 Å². The average molecular weight is 329 g/mol. The summed E-state index contributed by atoms with van der Waals surface area (Å²) >= 11 is 1.75. The van der Waals surface area contributed by atoms with E-state index in [1.165, 1.54) is 15.4 Å². The number of carbonyl (C=O) groups is 1. The van der Waals surface area contributed by atoms with Crippen molar-refractivity contribution in [1.29, 1.82) is 0 Å². The quantitative estimate of drug-likeness (QED) is 0.704. The molecule has 3 nitrogen and oxygen atoms in total. The predicted octanol–water partition coefficient (Wildman–Crippen LogP) is 4.43.